The third-order valence-electron chi connectivity index (χ3n) is 8.91. The monoisotopic (exact) mass is 410 g/mol. The molecule has 0 saturated heterocycles. The SMILES string of the molecule is CC(=O)OC[C@]12CCC(=O)C=C1C=C[C@H]1[C@H]3CC[C@H](C4=CC(=O)OC4)[C@@]3(C)CC[C@@H]12. The van der Waals surface area contributed by atoms with Crippen LogP contribution < -0.4 is 0 Å². The van der Waals surface area contributed by atoms with Gasteiger partial charge in [0.1, 0.15) is 13.2 Å². The number of ether oxygens (including phenoxy) is 2. The second-order valence-electron chi connectivity index (χ2n) is 10.2. The Bertz CT molecular complexity index is 895. The van der Waals surface area contributed by atoms with Gasteiger partial charge in [-0.25, -0.2) is 4.79 Å². The van der Waals surface area contributed by atoms with Gasteiger partial charge in [0, 0.05) is 24.8 Å². The number of fused-ring (bicyclic) bond motifs is 5. The molecule has 2 fully saturated rings. The van der Waals surface area contributed by atoms with Crippen LogP contribution in [-0.2, 0) is 23.9 Å². The zero-order valence-electron chi connectivity index (χ0n) is 17.8. The largest absolute Gasteiger partial charge is 0.465 e. The minimum Gasteiger partial charge on any atom is -0.465 e. The van der Waals surface area contributed by atoms with Crippen LogP contribution in [0.25, 0.3) is 0 Å². The lowest BCUT2D eigenvalue weighted by molar-refractivity contribution is -0.147. The van der Waals surface area contributed by atoms with Gasteiger partial charge in [-0.1, -0.05) is 19.1 Å². The number of allylic oxidation sites excluding steroid dienone is 3. The van der Waals surface area contributed by atoms with Crippen LogP contribution in [0.2, 0.25) is 0 Å². The lowest BCUT2D eigenvalue weighted by Gasteiger charge is -2.56. The summed E-state index contributed by atoms with van der Waals surface area (Å²) in [6, 6.07) is 0. The Morgan fingerprint density at radius 3 is 2.73 bits per heavy atom. The lowest BCUT2D eigenvalue weighted by atomic mass is 9.48. The Morgan fingerprint density at radius 2 is 2.00 bits per heavy atom. The van der Waals surface area contributed by atoms with Crippen molar-refractivity contribution in [2.45, 2.75) is 52.4 Å². The second-order valence-corrected chi connectivity index (χ2v) is 10.2. The normalized spacial score (nSPS) is 41.9. The highest BCUT2D eigenvalue weighted by Crippen LogP contribution is 2.66. The van der Waals surface area contributed by atoms with Crippen LogP contribution in [0.3, 0.4) is 0 Å². The summed E-state index contributed by atoms with van der Waals surface area (Å²) in [6.45, 7) is 4.67. The van der Waals surface area contributed by atoms with Gasteiger partial charge in [0.25, 0.3) is 0 Å². The Balaban J connectivity index is 1.49. The van der Waals surface area contributed by atoms with E-state index in [0.717, 1.165) is 37.7 Å². The Hall–Kier alpha value is -2.17. The smallest absolute Gasteiger partial charge is 0.331 e. The van der Waals surface area contributed by atoms with E-state index < -0.39 is 0 Å². The summed E-state index contributed by atoms with van der Waals surface area (Å²) in [5, 5.41) is 0. The van der Waals surface area contributed by atoms with Crippen molar-refractivity contribution in [2.24, 2.45) is 34.5 Å². The molecule has 160 valence electrons. The number of hydrogen-bond acceptors (Lipinski definition) is 5. The molecule has 30 heavy (non-hydrogen) atoms. The highest BCUT2D eigenvalue weighted by Gasteiger charge is 2.60. The van der Waals surface area contributed by atoms with Crippen LogP contribution in [-0.4, -0.2) is 30.9 Å². The van der Waals surface area contributed by atoms with Crippen molar-refractivity contribution in [3.63, 3.8) is 0 Å². The fourth-order valence-electron chi connectivity index (χ4n) is 7.51. The summed E-state index contributed by atoms with van der Waals surface area (Å²) >= 11 is 0. The highest BCUT2D eigenvalue weighted by molar-refractivity contribution is 5.92. The zero-order chi connectivity index (χ0) is 21.1. The van der Waals surface area contributed by atoms with Crippen LogP contribution in [0.4, 0.5) is 0 Å². The molecule has 5 aliphatic rings. The minimum absolute atomic E-state index is 0.152. The van der Waals surface area contributed by atoms with E-state index in [1.54, 1.807) is 12.2 Å². The van der Waals surface area contributed by atoms with Crippen LogP contribution >= 0.6 is 0 Å². The highest BCUT2D eigenvalue weighted by atomic mass is 16.5. The van der Waals surface area contributed by atoms with E-state index in [1.807, 2.05) is 0 Å². The molecule has 2 saturated carbocycles. The molecule has 5 nitrogen and oxygen atoms in total. The maximum atomic E-state index is 12.1. The number of cyclic esters (lactones) is 1. The van der Waals surface area contributed by atoms with Crippen LogP contribution in [0.1, 0.15) is 52.4 Å². The number of carbonyl (C=O) groups is 3. The fraction of sp³-hybridized carbons (Fsp3) is 0.640. The molecule has 0 unspecified atom stereocenters. The van der Waals surface area contributed by atoms with Gasteiger partial charge in [-0.2, -0.15) is 0 Å². The predicted molar refractivity (Wildman–Crippen MR) is 110 cm³/mol. The maximum absolute atomic E-state index is 12.1. The molecule has 0 aromatic heterocycles. The Kier molecular flexibility index (Phi) is 4.57. The molecule has 0 bridgehead atoms. The molecule has 0 spiro atoms. The predicted octanol–water partition coefficient (Wildman–Crippen LogP) is 3.94. The zero-order valence-corrected chi connectivity index (χ0v) is 17.8. The van der Waals surface area contributed by atoms with Gasteiger partial charge < -0.3 is 9.47 Å². The number of hydrogen-bond donors (Lipinski definition) is 0. The topological polar surface area (TPSA) is 69.7 Å². The van der Waals surface area contributed by atoms with Crippen molar-refractivity contribution in [3.8, 4) is 0 Å². The van der Waals surface area contributed by atoms with Crippen LogP contribution in [0.5, 0.6) is 0 Å². The Labute approximate surface area is 177 Å². The summed E-state index contributed by atoms with van der Waals surface area (Å²) < 4.78 is 10.8. The molecule has 5 heteroatoms. The van der Waals surface area contributed by atoms with Gasteiger partial charge in [-0.05, 0) is 78.4 Å². The third-order valence-corrected chi connectivity index (χ3v) is 8.91. The fourth-order valence-corrected chi connectivity index (χ4v) is 7.51. The van der Waals surface area contributed by atoms with Gasteiger partial charge in [-0.15, -0.1) is 0 Å². The standard InChI is InChI=1S/C25H30O5/c1-15(26)30-14-25-10-7-18(27)12-17(25)3-4-19-21-6-5-20(16-11-23(28)29-13-16)24(21,2)9-8-22(19)25/h3-4,11-12,19-22H,5-10,13-14H2,1-2H3/t19-,20+,21+,22-,24+,25+/m0/s1. The van der Waals surface area contributed by atoms with E-state index in [9.17, 15) is 14.4 Å². The minimum atomic E-state index is -0.258. The Morgan fingerprint density at radius 1 is 1.17 bits per heavy atom. The number of esters is 2. The molecule has 0 radical (unpaired) electrons. The van der Waals surface area contributed by atoms with Crippen molar-refractivity contribution >= 4 is 17.7 Å². The van der Waals surface area contributed by atoms with Crippen LogP contribution in [0.15, 0.2) is 35.5 Å². The summed E-state index contributed by atoms with van der Waals surface area (Å²) in [4.78, 5) is 35.5. The summed E-state index contributed by atoms with van der Waals surface area (Å²) in [5.41, 5.74) is 2.13. The molecule has 0 aromatic carbocycles. The van der Waals surface area contributed by atoms with E-state index >= 15 is 0 Å². The first-order chi connectivity index (χ1) is 14.3. The third kappa shape index (κ3) is 2.84. The maximum Gasteiger partial charge on any atom is 0.331 e. The van der Waals surface area contributed by atoms with Crippen molar-refractivity contribution < 1.29 is 23.9 Å². The van der Waals surface area contributed by atoms with Gasteiger partial charge in [0.2, 0.25) is 0 Å². The average molecular weight is 411 g/mol. The average Bonchev–Trinajstić information content (AvgIpc) is 3.28. The molecule has 1 heterocycles. The van der Waals surface area contributed by atoms with Crippen LogP contribution in [0, 0.1) is 34.5 Å². The van der Waals surface area contributed by atoms with Gasteiger partial charge >= 0.3 is 11.9 Å². The van der Waals surface area contributed by atoms with E-state index in [-0.39, 0.29) is 28.6 Å². The van der Waals surface area contributed by atoms with E-state index in [0.29, 0.717) is 43.3 Å². The van der Waals surface area contributed by atoms with Gasteiger partial charge in [-0.3, -0.25) is 9.59 Å². The first-order valence-corrected chi connectivity index (χ1v) is 11.3. The molecule has 1 aliphatic heterocycles. The first-order valence-electron chi connectivity index (χ1n) is 11.3. The van der Waals surface area contributed by atoms with Gasteiger partial charge in [0.15, 0.2) is 5.78 Å². The molecule has 0 amide bonds. The van der Waals surface area contributed by atoms with Crippen molar-refractivity contribution in [2.75, 3.05) is 13.2 Å². The molecule has 0 aromatic rings. The number of ketones is 1. The van der Waals surface area contributed by atoms with Gasteiger partial charge in [0.05, 0.1) is 0 Å². The molecule has 5 rings (SSSR count). The molecular weight excluding hydrogens is 380 g/mol. The lowest BCUT2D eigenvalue weighted by Crippen LogP contribution is -2.52. The van der Waals surface area contributed by atoms with E-state index in [4.69, 9.17) is 9.47 Å². The summed E-state index contributed by atoms with van der Waals surface area (Å²) in [6.07, 6.45) is 13.6. The molecule has 0 N–H and O–H groups in total. The van der Waals surface area contributed by atoms with Crippen molar-refractivity contribution in [1.82, 2.24) is 0 Å². The summed E-state index contributed by atoms with van der Waals surface area (Å²) in [7, 11) is 0. The quantitative estimate of drug-likeness (QED) is 0.659. The van der Waals surface area contributed by atoms with Crippen molar-refractivity contribution in [3.05, 3.63) is 35.5 Å². The number of rotatable bonds is 3. The second kappa shape index (κ2) is 6.93. The molecule has 6 atom stereocenters. The number of carbonyl (C=O) groups excluding carboxylic acids is 3. The van der Waals surface area contributed by atoms with E-state index in [1.165, 1.54) is 12.5 Å². The first kappa shape index (κ1) is 19.8. The summed E-state index contributed by atoms with van der Waals surface area (Å²) in [5.74, 6) is 1.43. The molecule has 4 aliphatic carbocycles. The van der Waals surface area contributed by atoms with Crippen molar-refractivity contribution in [1.29, 1.82) is 0 Å². The van der Waals surface area contributed by atoms with E-state index in [2.05, 4.69) is 19.1 Å². The molecular formula is C25H30O5.